The highest BCUT2D eigenvalue weighted by atomic mass is 16.1. The minimum absolute atomic E-state index is 0.140. The number of aromatic nitrogens is 2. The van der Waals surface area contributed by atoms with Crippen LogP contribution < -0.4 is 10.2 Å². The van der Waals surface area contributed by atoms with Crippen LogP contribution in [0.3, 0.4) is 0 Å². The molecule has 0 unspecified atom stereocenters. The average Bonchev–Trinajstić information content (AvgIpc) is 2.93. The van der Waals surface area contributed by atoms with E-state index in [-0.39, 0.29) is 5.91 Å². The fourth-order valence-electron chi connectivity index (χ4n) is 5.00. The van der Waals surface area contributed by atoms with Crippen LogP contribution in [0, 0.1) is 18.8 Å². The second-order valence-electron chi connectivity index (χ2n) is 10.7. The summed E-state index contributed by atoms with van der Waals surface area (Å²) in [7, 11) is 3.99. The van der Waals surface area contributed by atoms with E-state index in [1.807, 2.05) is 68.4 Å². The molecule has 0 saturated heterocycles. The third-order valence-corrected chi connectivity index (χ3v) is 7.27. The van der Waals surface area contributed by atoms with Crippen molar-refractivity contribution < 1.29 is 4.79 Å². The van der Waals surface area contributed by atoms with Gasteiger partial charge in [0.05, 0.1) is 11.9 Å². The Morgan fingerprint density at radius 3 is 2.16 bits per heavy atom. The molecule has 0 radical (unpaired) electrons. The Bertz CT molecular complexity index is 1310. The van der Waals surface area contributed by atoms with Crippen molar-refractivity contribution in [2.75, 3.05) is 25.5 Å². The summed E-state index contributed by atoms with van der Waals surface area (Å²) < 4.78 is 0. The summed E-state index contributed by atoms with van der Waals surface area (Å²) in [6.45, 7) is 5.08. The lowest BCUT2D eigenvalue weighted by Crippen LogP contribution is -2.32. The number of nitrogens with zero attached hydrogens (tertiary/aromatic N) is 3. The first-order chi connectivity index (χ1) is 18.4. The van der Waals surface area contributed by atoms with Gasteiger partial charge in [-0.05, 0) is 60.4 Å². The van der Waals surface area contributed by atoms with Crippen LogP contribution in [0.4, 0.5) is 5.82 Å². The van der Waals surface area contributed by atoms with Gasteiger partial charge in [0.1, 0.15) is 11.6 Å². The van der Waals surface area contributed by atoms with E-state index in [2.05, 4.69) is 58.6 Å². The molecule has 3 aromatic carbocycles. The summed E-state index contributed by atoms with van der Waals surface area (Å²) in [5.41, 5.74) is 4.48. The number of hydrogen-bond acceptors (Lipinski definition) is 4. The zero-order valence-corrected chi connectivity index (χ0v) is 23.2. The number of benzene rings is 3. The number of fused-ring (bicyclic) bond motifs is 1. The molecule has 5 heteroatoms. The number of anilines is 1. The predicted molar refractivity (Wildman–Crippen MR) is 158 cm³/mol. The van der Waals surface area contributed by atoms with Gasteiger partial charge in [-0.15, -0.1) is 0 Å². The molecular weight excluding hydrogens is 468 g/mol. The van der Waals surface area contributed by atoms with E-state index in [1.165, 1.54) is 36.8 Å². The third-order valence-electron chi connectivity index (χ3n) is 7.27. The topological polar surface area (TPSA) is 58.1 Å². The van der Waals surface area contributed by atoms with E-state index in [4.69, 9.17) is 0 Å². The van der Waals surface area contributed by atoms with Gasteiger partial charge in [-0.1, -0.05) is 86.5 Å². The monoisotopic (exact) mass is 508 g/mol. The molecule has 198 valence electrons. The lowest BCUT2D eigenvalue weighted by molar-refractivity contribution is -0.120. The van der Waals surface area contributed by atoms with Crippen molar-refractivity contribution in [2.45, 2.75) is 46.0 Å². The zero-order chi connectivity index (χ0) is 26.9. The molecule has 1 saturated carbocycles. The van der Waals surface area contributed by atoms with Gasteiger partial charge in [-0.2, -0.15) is 0 Å². The van der Waals surface area contributed by atoms with E-state index in [1.54, 1.807) is 0 Å². The van der Waals surface area contributed by atoms with Crippen LogP contribution in [0.1, 0.15) is 44.0 Å². The fraction of sp³-hybridized carbons (Fsp3) is 0.364. The molecular formula is C33H40N4O. The van der Waals surface area contributed by atoms with Crippen molar-refractivity contribution in [3.05, 3.63) is 90.3 Å². The van der Waals surface area contributed by atoms with Crippen molar-refractivity contribution in [1.82, 2.24) is 15.3 Å². The van der Waals surface area contributed by atoms with Gasteiger partial charge in [0, 0.05) is 26.0 Å². The van der Waals surface area contributed by atoms with E-state index in [9.17, 15) is 4.79 Å². The number of carbonyl (C=O) groups excluding carboxylic acids is 1. The second kappa shape index (κ2) is 13.2. The normalized spacial score (nSPS) is 16.8. The van der Waals surface area contributed by atoms with Crippen LogP contribution in [0.2, 0.25) is 0 Å². The summed E-state index contributed by atoms with van der Waals surface area (Å²) in [6.07, 6.45) is 5.60. The fourth-order valence-corrected chi connectivity index (χ4v) is 5.00. The van der Waals surface area contributed by atoms with Gasteiger partial charge >= 0.3 is 0 Å². The molecule has 1 fully saturated rings. The highest BCUT2D eigenvalue weighted by molar-refractivity contribution is 5.89. The Labute approximate surface area is 227 Å². The lowest BCUT2D eigenvalue weighted by atomic mass is 9.83. The van der Waals surface area contributed by atoms with Crippen LogP contribution in [-0.2, 0) is 11.2 Å². The first kappa shape index (κ1) is 27.3. The van der Waals surface area contributed by atoms with Gasteiger partial charge in [0.25, 0.3) is 0 Å². The predicted octanol–water partition coefficient (Wildman–Crippen LogP) is 6.84. The number of rotatable bonds is 6. The first-order valence-corrected chi connectivity index (χ1v) is 13.7. The number of carbonyl (C=O) groups is 1. The first-order valence-electron chi connectivity index (χ1n) is 13.7. The van der Waals surface area contributed by atoms with Crippen molar-refractivity contribution in [3.63, 3.8) is 0 Å². The van der Waals surface area contributed by atoms with Gasteiger partial charge < -0.3 is 10.2 Å². The Balaban J connectivity index is 0.000000204. The lowest BCUT2D eigenvalue weighted by Gasteiger charge is -2.26. The minimum Gasteiger partial charge on any atom is -0.362 e. The summed E-state index contributed by atoms with van der Waals surface area (Å²) in [5, 5.41) is 4.22. The summed E-state index contributed by atoms with van der Waals surface area (Å²) in [6, 6.07) is 26.7. The van der Waals surface area contributed by atoms with Gasteiger partial charge in [0.2, 0.25) is 5.91 Å². The molecule has 1 amide bonds. The number of nitrogens with one attached hydrogen (secondary N) is 1. The quantitative estimate of drug-likeness (QED) is 0.310. The summed E-state index contributed by atoms with van der Waals surface area (Å²) >= 11 is 0. The number of para-hydroxylation sites is 1. The molecule has 0 atom stereocenters. The molecule has 0 aliphatic heterocycles. The molecule has 1 heterocycles. The molecule has 38 heavy (non-hydrogen) atoms. The summed E-state index contributed by atoms with van der Waals surface area (Å²) in [4.78, 5) is 23.0. The highest BCUT2D eigenvalue weighted by Gasteiger charge is 2.18. The van der Waals surface area contributed by atoms with Crippen LogP contribution in [0.5, 0.6) is 0 Å². The maximum Gasteiger partial charge on any atom is 0.224 e. The molecule has 0 bridgehead atoms. The average molecular weight is 509 g/mol. The van der Waals surface area contributed by atoms with Gasteiger partial charge in [0.15, 0.2) is 0 Å². The Morgan fingerprint density at radius 1 is 0.842 bits per heavy atom. The minimum atomic E-state index is 0.140. The number of aryl methyl sites for hydroxylation is 1. The zero-order valence-electron chi connectivity index (χ0n) is 23.2. The largest absolute Gasteiger partial charge is 0.362 e. The SMILES string of the molecule is CC1CCC(CNC(=O)Cc2ccc(-c3ccccc3)cc2)CC1.Cc1nc(N(C)C)c2ccccc2n1. The van der Waals surface area contributed by atoms with Crippen LogP contribution in [-0.4, -0.2) is 36.5 Å². The molecule has 5 rings (SSSR count). The Morgan fingerprint density at radius 2 is 1.47 bits per heavy atom. The van der Waals surface area contributed by atoms with E-state index in [0.29, 0.717) is 12.3 Å². The van der Waals surface area contributed by atoms with Crippen LogP contribution >= 0.6 is 0 Å². The van der Waals surface area contributed by atoms with Crippen molar-refractivity contribution in [1.29, 1.82) is 0 Å². The van der Waals surface area contributed by atoms with Gasteiger partial charge in [-0.25, -0.2) is 9.97 Å². The molecule has 1 aromatic heterocycles. The number of hydrogen-bond donors (Lipinski definition) is 1. The molecule has 1 aliphatic carbocycles. The maximum absolute atomic E-state index is 12.2. The van der Waals surface area contributed by atoms with Crippen molar-refractivity contribution in [2.24, 2.45) is 11.8 Å². The molecule has 5 nitrogen and oxygen atoms in total. The number of amides is 1. The van der Waals surface area contributed by atoms with Crippen LogP contribution in [0.25, 0.3) is 22.0 Å². The maximum atomic E-state index is 12.2. The van der Waals surface area contributed by atoms with Crippen molar-refractivity contribution in [3.8, 4) is 11.1 Å². The molecule has 4 aromatic rings. The smallest absolute Gasteiger partial charge is 0.224 e. The van der Waals surface area contributed by atoms with Crippen molar-refractivity contribution >= 4 is 22.6 Å². The van der Waals surface area contributed by atoms with E-state index >= 15 is 0 Å². The highest BCUT2D eigenvalue weighted by Crippen LogP contribution is 2.27. The Hall–Kier alpha value is -3.73. The van der Waals surface area contributed by atoms with Crippen LogP contribution in [0.15, 0.2) is 78.9 Å². The molecule has 1 aliphatic rings. The Kier molecular flexibility index (Phi) is 9.47. The molecule has 0 spiro atoms. The molecule has 1 N–H and O–H groups in total. The second-order valence-corrected chi connectivity index (χ2v) is 10.7. The van der Waals surface area contributed by atoms with Gasteiger partial charge in [-0.3, -0.25) is 4.79 Å². The standard InChI is InChI=1S/C22H27NO.C11H13N3/c1-17-7-9-19(10-8-17)16-23-22(24)15-18-11-13-21(14-12-18)20-5-3-2-4-6-20;1-8-12-10-7-5-4-6-9(10)11(13-8)14(2)3/h2-6,11-14,17,19H,7-10,15-16H2,1H3,(H,23,24);4-7H,1-3H3. The third kappa shape index (κ3) is 7.64. The van der Waals surface area contributed by atoms with E-state index < -0.39 is 0 Å². The summed E-state index contributed by atoms with van der Waals surface area (Å²) in [5.74, 6) is 3.47. The van der Waals surface area contributed by atoms with E-state index in [0.717, 1.165) is 40.6 Å².